The highest BCUT2D eigenvalue weighted by molar-refractivity contribution is 14.0. The highest BCUT2D eigenvalue weighted by Gasteiger charge is 2.20. The van der Waals surface area contributed by atoms with Crippen molar-refractivity contribution in [3.8, 4) is 5.88 Å². The monoisotopic (exact) mass is 462 g/mol. The summed E-state index contributed by atoms with van der Waals surface area (Å²) in [6, 6.07) is 4.28. The molecule has 1 aliphatic carbocycles. The molecule has 2 rings (SSSR count). The second-order valence-electron chi connectivity index (χ2n) is 6.16. The van der Waals surface area contributed by atoms with Gasteiger partial charge in [0, 0.05) is 24.3 Å². The van der Waals surface area contributed by atoms with Crippen molar-refractivity contribution >= 4 is 29.9 Å². The number of aliphatic hydroxyl groups excluding tert-OH is 1. The van der Waals surface area contributed by atoms with E-state index in [1.807, 2.05) is 12.1 Å². The van der Waals surface area contributed by atoms with Crippen LogP contribution < -0.4 is 15.4 Å². The summed E-state index contributed by atoms with van der Waals surface area (Å²) in [4.78, 5) is 8.98. The van der Waals surface area contributed by atoms with Crippen LogP contribution in [0.1, 0.15) is 51.5 Å². The van der Waals surface area contributed by atoms with Crippen molar-refractivity contribution in [1.29, 1.82) is 0 Å². The van der Waals surface area contributed by atoms with Gasteiger partial charge in [0.1, 0.15) is 0 Å². The number of hydrogen-bond acceptors (Lipinski definition) is 4. The number of halogens is 1. The first-order valence-electron chi connectivity index (χ1n) is 9.02. The van der Waals surface area contributed by atoms with Gasteiger partial charge in [-0.15, -0.1) is 24.0 Å². The molecule has 1 fully saturated rings. The van der Waals surface area contributed by atoms with E-state index in [-0.39, 0.29) is 30.1 Å². The minimum Gasteiger partial charge on any atom is -0.477 e. The van der Waals surface area contributed by atoms with Crippen molar-refractivity contribution in [2.45, 2.75) is 64.6 Å². The number of ether oxygens (including phenoxy) is 1. The zero-order valence-electron chi connectivity index (χ0n) is 15.2. The van der Waals surface area contributed by atoms with Gasteiger partial charge in [0.25, 0.3) is 0 Å². The second kappa shape index (κ2) is 12.3. The number of pyridine rings is 1. The second-order valence-corrected chi connectivity index (χ2v) is 6.16. The van der Waals surface area contributed by atoms with Crippen molar-refractivity contribution in [3.63, 3.8) is 0 Å². The van der Waals surface area contributed by atoms with E-state index in [1.165, 1.54) is 0 Å². The van der Waals surface area contributed by atoms with Crippen molar-refractivity contribution in [1.82, 2.24) is 15.6 Å². The van der Waals surface area contributed by atoms with Crippen LogP contribution in [0.25, 0.3) is 0 Å². The summed E-state index contributed by atoms with van der Waals surface area (Å²) in [7, 11) is 0. The SMILES string of the molecule is CCCOc1ncccc1CN=C(NCC)NC1CCC(O)CC1.I. The molecule has 0 radical (unpaired) electrons. The van der Waals surface area contributed by atoms with E-state index in [9.17, 15) is 5.11 Å². The molecule has 1 heterocycles. The molecule has 0 saturated heterocycles. The molecule has 25 heavy (non-hydrogen) atoms. The lowest BCUT2D eigenvalue weighted by Gasteiger charge is -2.27. The number of guanidine groups is 1. The molecule has 1 aromatic heterocycles. The van der Waals surface area contributed by atoms with E-state index in [4.69, 9.17) is 4.74 Å². The van der Waals surface area contributed by atoms with Gasteiger partial charge in [-0.2, -0.15) is 0 Å². The maximum Gasteiger partial charge on any atom is 0.218 e. The van der Waals surface area contributed by atoms with E-state index in [2.05, 4.69) is 34.5 Å². The Morgan fingerprint density at radius 3 is 2.76 bits per heavy atom. The maximum absolute atomic E-state index is 9.62. The third-order valence-corrected chi connectivity index (χ3v) is 4.08. The van der Waals surface area contributed by atoms with Gasteiger partial charge < -0.3 is 20.5 Å². The molecule has 0 amide bonds. The van der Waals surface area contributed by atoms with Crippen molar-refractivity contribution in [2.75, 3.05) is 13.2 Å². The Balaban J connectivity index is 0.00000312. The average Bonchev–Trinajstić information content (AvgIpc) is 2.60. The van der Waals surface area contributed by atoms with Crippen molar-refractivity contribution in [3.05, 3.63) is 23.9 Å². The van der Waals surface area contributed by atoms with Crippen LogP contribution in [-0.4, -0.2) is 41.3 Å². The fraction of sp³-hybridized carbons (Fsp3) is 0.667. The minimum atomic E-state index is -0.142. The Hall–Kier alpha value is -1.09. The van der Waals surface area contributed by atoms with Gasteiger partial charge in [-0.3, -0.25) is 0 Å². The molecule has 0 bridgehead atoms. The largest absolute Gasteiger partial charge is 0.477 e. The summed E-state index contributed by atoms with van der Waals surface area (Å²) in [5.74, 6) is 1.48. The summed E-state index contributed by atoms with van der Waals surface area (Å²) in [5.41, 5.74) is 0.988. The lowest BCUT2D eigenvalue weighted by Crippen LogP contribution is -2.45. The van der Waals surface area contributed by atoms with Crippen molar-refractivity contribution < 1.29 is 9.84 Å². The van der Waals surface area contributed by atoms with E-state index in [0.29, 0.717) is 25.1 Å². The summed E-state index contributed by atoms with van der Waals surface area (Å²) in [6.07, 6.45) is 6.22. The molecule has 3 N–H and O–H groups in total. The van der Waals surface area contributed by atoms with Gasteiger partial charge in [0.05, 0.1) is 19.3 Å². The third kappa shape index (κ3) is 7.77. The van der Waals surface area contributed by atoms with Crippen LogP contribution in [0, 0.1) is 0 Å². The number of hydrogen-bond donors (Lipinski definition) is 3. The molecule has 6 nitrogen and oxygen atoms in total. The third-order valence-electron chi connectivity index (χ3n) is 4.08. The Morgan fingerprint density at radius 2 is 2.08 bits per heavy atom. The molecule has 0 aromatic carbocycles. The molecule has 0 aliphatic heterocycles. The van der Waals surface area contributed by atoms with Crippen LogP contribution in [0.5, 0.6) is 5.88 Å². The Kier molecular flexibility index (Phi) is 10.8. The Labute approximate surface area is 167 Å². The molecular weight excluding hydrogens is 431 g/mol. The first-order chi connectivity index (χ1) is 11.7. The quantitative estimate of drug-likeness (QED) is 0.330. The van der Waals surface area contributed by atoms with E-state index >= 15 is 0 Å². The van der Waals surface area contributed by atoms with Crippen LogP contribution in [0.2, 0.25) is 0 Å². The first kappa shape index (κ1) is 22.0. The summed E-state index contributed by atoms with van der Waals surface area (Å²) >= 11 is 0. The summed E-state index contributed by atoms with van der Waals surface area (Å²) < 4.78 is 5.69. The molecule has 0 spiro atoms. The highest BCUT2D eigenvalue weighted by Crippen LogP contribution is 2.18. The van der Waals surface area contributed by atoms with Gasteiger partial charge in [-0.05, 0) is 45.1 Å². The van der Waals surface area contributed by atoms with E-state index < -0.39 is 0 Å². The van der Waals surface area contributed by atoms with Crippen LogP contribution in [0.4, 0.5) is 0 Å². The normalized spacial score (nSPS) is 20.5. The average molecular weight is 462 g/mol. The number of aliphatic hydroxyl groups is 1. The van der Waals surface area contributed by atoms with Crippen molar-refractivity contribution in [2.24, 2.45) is 4.99 Å². The van der Waals surface area contributed by atoms with Gasteiger partial charge in [-0.1, -0.05) is 13.0 Å². The molecular formula is C18H31IN4O2. The van der Waals surface area contributed by atoms with Crippen LogP contribution in [0.15, 0.2) is 23.3 Å². The van der Waals surface area contributed by atoms with Gasteiger partial charge in [-0.25, -0.2) is 9.98 Å². The minimum absolute atomic E-state index is 0. The summed E-state index contributed by atoms with van der Waals surface area (Å²) in [5, 5.41) is 16.4. The number of rotatable bonds is 7. The molecule has 142 valence electrons. The summed E-state index contributed by atoms with van der Waals surface area (Å²) in [6.45, 7) is 6.14. The van der Waals surface area contributed by atoms with E-state index in [0.717, 1.165) is 50.2 Å². The number of aliphatic imine (C=N–C) groups is 1. The molecule has 0 unspecified atom stereocenters. The van der Waals surface area contributed by atoms with Crippen LogP contribution >= 0.6 is 24.0 Å². The zero-order chi connectivity index (χ0) is 17.2. The standard InChI is InChI=1S/C18H30N4O2.HI/c1-3-12-24-17-14(6-5-11-20-17)13-21-18(19-4-2)22-15-7-9-16(23)10-8-15;/h5-6,11,15-16,23H,3-4,7-10,12-13H2,1-2H3,(H2,19,21,22);1H. The van der Waals surface area contributed by atoms with Gasteiger partial charge in [0.2, 0.25) is 5.88 Å². The van der Waals surface area contributed by atoms with Crippen LogP contribution in [0.3, 0.4) is 0 Å². The number of nitrogens with one attached hydrogen (secondary N) is 2. The lowest BCUT2D eigenvalue weighted by molar-refractivity contribution is 0.120. The number of nitrogens with zero attached hydrogens (tertiary/aromatic N) is 2. The Bertz CT molecular complexity index is 520. The van der Waals surface area contributed by atoms with E-state index in [1.54, 1.807) is 6.20 Å². The van der Waals surface area contributed by atoms with Crippen LogP contribution in [-0.2, 0) is 6.54 Å². The molecule has 1 saturated carbocycles. The number of aromatic nitrogens is 1. The van der Waals surface area contributed by atoms with Gasteiger partial charge >= 0.3 is 0 Å². The molecule has 0 atom stereocenters. The zero-order valence-corrected chi connectivity index (χ0v) is 17.5. The fourth-order valence-electron chi connectivity index (χ4n) is 2.77. The van der Waals surface area contributed by atoms with Gasteiger partial charge in [0.15, 0.2) is 5.96 Å². The molecule has 1 aromatic rings. The Morgan fingerprint density at radius 1 is 1.32 bits per heavy atom. The maximum atomic E-state index is 9.62. The molecule has 1 aliphatic rings. The predicted octanol–water partition coefficient (Wildman–Crippen LogP) is 2.85. The topological polar surface area (TPSA) is 78.8 Å². The predicted molar refractivity (Wildman–Crippen MR) is 112 cm³/mol. The fourth-order valence-corrected chi connectivity index (χ4v) is 2.77. The highest BCUT2D eigenvalue weighted by atomic mass is 127. The molecule has 7 heteroatoms. The smallest absolute Gasteiger partial charge is 0.218 e. The first-order valence-corrected chi connectivity index (χ1v) is 9.02. The lowest BCUT2D eigenvalue weighted by atomic mass is 9.93.